The van der Waals surface area contributed by atoms with Gasteiger partial charge in [0.1, 0.15) is 4.75 Å². The van der Waals surface area contributed by atoms with Gasteiger partial charge >= 0.3 is 0 Å². The van der Waals surface area contributed by atoms with E-state index < -0.39 is 4.75 Å². The van der Waals surface area contributed by atoms with Crippen LogP contribution in [0.1, 0.15) is 39.5 Å². The van der Waals surface area contributed by atoms with E-state index in [9.17, 15) is 4.79 Å². The van der Waals surface area contributed by atoms with Crippen LogP contribution in [0.2, 0.25) is 0 Å². The highest BCUT2D eigenvalue weighted by atomic mass is 32.2. The molecule has 0 amide bonds. The number of carbonyl (C=O) groups excluding carboxylic acids is 1. The first-order valence-corrected chi connectivity index (χ1v) is 6.45. The average Bonchev–Trinajstić information content (AvgIpc) is 2.15. The van der Waals surface area contributed by atoms with Crippen molar-refractivity contribution in [1.29, 1.82) is 5.26 Å². The molecule has 1 unspecified atom stereocenters. The number of hydrogen-bond donors (Lipinski definition) is 1. The molecular weight excluding hydrogens is 246 g/mol. The summed E-state index contributed by atoms with van der Waals surface area (Å²) in [5.74, 6) is 0. The fourth-order valence-electron chi connectivity index (χ4n) is 0.982. The first-order valence-electron chi connectivity index (χ1n) is 4.78. The van der Waals surface area contributed by atoms with Gasteiger partial charge in [-0.05, 0) is 19.8 Å². The second-order valence-electron chi connectivity index (χ2n) is 3.46. The molecule has 0 aliphatic rings. The Morgan fingerprint density at radius 1 is 1.60 bits per heavy atom. The number of nitrogens with zero attached hydrogens (tertiary/aromatic N) is 1. The van der Waals surface area contributed by atoms with Gasteiger partial charge < -0.3 is 0 Å². The SMILES string of the molecule is CCCC(=S)SC(C)(C#N)CCC(=O)S. The minimum absolute atomic E-state index is 0.182. The van der Waals surface area contributed by atoms with Gasteiger partial charge in [-0.2, -0.15) is 5.26 Å². The van der Waals surface area contributed by atoms with Crippen LogP contribution in [0.3, 0.4) is 0 Å². The van der Waals surface area contributed by atoms with Crippen molar-refractivity contribution < 1.29 is 4.79 Å². The highest BCUT2D eigenvalue weighted by Crippen LogP contribution is 2.32. The molecule has 0 radical (unpaired) electrons. The van der Waals surface area contributed by atoms with E-state index >= 15 is 0 Å². The van der Waals surface area contributed by atoms with Crippen molar-refractivity contribution >= 4 is 45.9 Å². The number of thiol groups is 1. The maximum atomic E-state index is 10.7. The number of carbonyl (C=O) groups is 1. The van der Waals surface area contributed by atoms with Gasteiger partial charge in [0.2, 0.25) is 0 Å². The van der Waals surface area contributed by atoms with Crippen LogP contribution in [-0.2, 0) is 4.79 Å². The Morgan fingerprint density at radius 3 is 2.60 bits per heavy atom. The standard InChI is InChI=1S/C10H15NOS3/c1-3-4-9(14)15-10(2,7-11)6-5-8(12)13/h3-6H2,1-2H3,(H,12,13). The first-order chi connectivity index (χ1) is 6.93. The maximum Gasteiger partial charge on any atom is 0.186 e. The molecule has 0 heterocycles. The lowest BCUT2D eigenvalue weighted by Gasteiger charge is -2.20. The van der Waals surface area contributed by atoms with E-state index in [0.717, 1.165) is 17.0 Å². The lowest BCUT2D eigenvalue weighted by Crippen LogP contribution is -2.20. The summed E-state index contributed by atoms with van der Waals surface area (Å²) in [5, 5.41) is 8.87. The molecule has 0 bridgehead atoms. The van der Waals surface area contributed by atoms with Crippen LogP contribution < -0.4 is 0 Å². The van der Waals surface area contributed by atoms with Gasteiger partial charge in [0.05, 0.1) is 6.07 Å². The van der Waals surface area contributed by atoms with Crippen LogP contribution in [0.4, 0.5) is 0 Å². The van der Waals surface area contributed by atoms with E-state index in [1.165, 1.54) is 11.8 Å². The molecule has 1 atom stereocenters. The second kappa shape index (κ2) is 7.26. The van der Waals surface area contributed by atoms with Crippen molar-refractivity contribution in [2.75, 3.05) is 0 Å². The molecule has 0 rings (SSSR count). The van der Waals surface area contributed by atoms with Gasteiger partial charge in [-0.1, -0.05) is 37.3 Å². The highest BCUT2D eigenvalue weighted by Gasteiger charge is 2.26. The summed E-state index contributed by atoms with van der Waals surface area (Å²) < 4.78 is 0.248. The summed E-state index contributed by atoms with van der Waals surface area (Å²) in [6.45, 7) is 3.87. The molecule has 0 saturated carbocycles. The highest BCUT2D eigenvalue weighted by molar-refractivity contribution is 8.24. The van der Waals surface area contributed by atoms with Gasteiger partial charge in [-0.25, -0.2) is 0 Å². The van der Waals surface area contributed by atoms with Gasteiger partial charge in [0.15, 0.2) is 5.12 Å². The van der Waals surface area contributed by atoms with Crippen LogP contribution >= 0.6 is 36.6 Å². The van der Waals surface area contributed by atoms with Crippen LogP contribution in [0.15, 0.2) is 0 Å². The molecule has 0 fully saturated rings. The molecule has 0 aromatic heterocycles. The third-order valence-electron chi connectivity index (χ3n) is 1.85. The van der Waals surface area contributed by atoms with Gasteiger partial charge in [0.25, 0.3) is 0 Å². The normalized spacial score (nSPS) is 14.0. The molecule has 0 aromatic rings. The van der Waals surface area contributed by atoms with E-state index in [1.807, 2.05) is 13.8 Å². The topological polar surface area (TPSA) is 40.9 Å². The number of thioether (sulfide) groups is 1. The molecule has 0 saturated heterocycles. The Morgan fingerprint density at radius 2 is 2.20 bits per heavy atom. The Kier molecular flexibility index (Phi) is 7.24. The predicted molar refractivity (Wildman–Crippen MR) is 72.3 cm³/mol. The molecule has 0 spiro atoms. The largest absolute Gasteiger partial charge is 0.288 e. The van der Waals surface area contributed by atoms with Crippen LogP contribution in [-0.4, -0.2) is 14.1 Å². The van der Waals surface area contributed by atoms with Crippen molar-refractivity contribution in [3.63, 3.8) is 0 Å². The van der Waals surface area contributed by atoms with Crippen molar-refractivity contribution in [3.05, 3.63) is 0 Å². The summed E-state index contributed by atoms with van der Waals surface area (Å²) in [6.07, 6.45) is 2.64. The minimum atomic E-state index is -0.593. The molecule has 5 heteroatoms. The third kappa shape index (κ3) is 6.93. The molecule has 0 aliphatic carbocycles. The fraction of sp³-hybridized carbons (Fsp3) is 0.700. The van der Waals surface area contributed by atoms with Crippen LogP contribution in [0.5, 0.6) is 0 Å². The molecule has 2 nitrogen and oxygen atoms in total. The third-order valence-corrected chi connectivity index (χ3v) is 3.70. The van der Waals surface area contributed by atoms with Gasteiger partial charge in [-0.15, -0.1) is 12.6 Å². The lowest BCUT2D eigenvalue weighted by molar-refractivity contribution is -0.110. The monoisotopic (exact) mass is 261 g/mol. The van der Waals surface area contributed by atoms with Crippen molar-refractivity contribution in [3.8, 4) is 6.07 Å². The van der Waals surface area contributed by atoms with E-state index in [-0.39, 0.29) is 5.12 Å². The number of nitriles is 1. The van der Waals surface area contributed by atoms with Gasteiger partial charge in [-0.3, -0.25) is 4.79 Å². The summed E-state index contributed by atoms with van der Waals surface area (Å²) in [7, 11) is 0. The van der Waals surface area contributed by atoms with Crippen molar-refractivity contribution in [2.24, 2.45) is 0 Å². The molecular formula is C10H15NOS3. The zero-order valence-corrected chi connectivity index (χ0v) is 11.5. The second-order valence-corrected chi connectivity index (χ2v) is 6.31. The molecule has 84 valence electrons. The van der Waals surface area contributed by atoms with E-state index in [4.69, 9.17) is 17.5 Å². The average molecular weight is 261 g/mol. The number of rotatable bonds is 6. The fourth-order valence-corrected chi connectivity index (χ4v) is 2.91. The minimum Gasteiger partial charge on any atom is -0.288 e. The smallest absolute Gasteiger partial charge is 0.186 e. The molecule has 0 aliphatic heterocycles. The Labute approximate surface area is 106 Å². The Balaban J connectivity index is 4.25. The molecule has 0 aromatic carbocycles. The maximum absolute atomic E-state index is 10.7. The van der Waals surface area contributed by atoms with Gasteiger partial charge in [0, 0.05) is 10.6 Å². The molecule has 0 N–H and O–H groups in total. The van der Waals surface area contributed by atoms with E-state index in [2.05, 4.69) is 18.7 Å². The van der Waals surface area contributed by atoms with Crippen LogP contribution in [0, 0.1) is 11.3 Å². The lowest BCUT2D eigenvalue weighted by atomic mass is 10.1. The van der Waals surface area contributed by atoms with Crippen LogP contribution in [0.25, 0.3) is 0 Å². The molecule has 15 heavy (non-hydrogen) atoms. The van der Waals surface area contributed by atoms with Crippen molar-refractivity contribution in [1.82, 2.24) is 0 Å². The zero-order valence-electron chi connectivity index (χ0n) is 8.95. The van der Waals surface area contributed by atoms with E-state index in [1.54, 1.807) is 0 Å². The summed E-state index contributed by atoms with van der Waals surface area (Å²) in [6, 6.07) is 2.21. The van der Waals surface area contributed by atoms with E-state index in [0.29, 0.717) is 12.8 Å². The predicted octanol–water partition coefficient (Wildman–Crippen LogP) is 3.37. The quantitative estimate of drug-likeness (QED) is 0.588. The Bertz CT molecular complexity index is 285. The number of thiocarbonyl (C=S) groups is 1. The Hall–Kier alpha value is -0.0500. The number of hydrogen-bond acceptors (Lipinski definition) is 4. The summed E-state index contributed by atoms with van der Waals surface area (Å²) in [4.78, 5) is 10.7. The first kappa shape index (κ1) is 14.9. The summed E-state index contributed by atoms with van der Waals surface area (Å²) in [5.41, 5.74) is 0. The van der Waals surface area contributed by atoms with Crippen molar-refractivity contribution in [2.45, 2.75) is 44.3 Å². The zero-order chi connectivity index (χ0) is 11.9. The summed E-state index contributed by atoms with van der Waals surface area (Å²) >= 11 is 10.2.